The van der Waals surface area contributed by atoms with Crippen molar-refractivity contribution in [3.8, 4) is 11.5 Å². The van der Waals surface area contributed by atoms with Gasteiger partial charge >= 0.3 is 0 Å². The van der Waals surface area contributed by atoms with Gasteiger partial charge in [-0.25, -0.2) is 9.40 Å². The number of hydrazone groups is 1. The second kappa shape index (κ2) is 6.95. The third kappa shape index (κ3) is 3.05. The molecule has 6 heteroatoms. The molecule has 29 heavy (non-hydrogen) atoms. The van der Waals surface area contributed by atoms with Crippen molar-refractivity contribution in [2.45, 2.75) is 32.5 Å². The van der Waals surface area contributed by atoms with Gasteiger partial charge in [0.1, 0.15) is 23.0 Å². The highest BCUT2D eigenvalue weighted by molar-refractivity contribution is 5.99. The van der Waals surface area contributed by atoms with Gasteiger partial charge in [-0.05, 0) is 44.2 Å². The first-order valence-electron chi connectivity index (χ1n) is 9.74. The third-order valence-corrected chi connectivity index (χ3v) is 5.24. The number of fused-ring (bicyclic) bond motifs is 3. The van der Waals surface area contributed by atoms with E-state index in [1.807, 2.05) is 55.3 Å². The van der Waals surface area contributed by atoms with E-state index in [2.05, 4.69) is 0 Å². The molecule has 3 aromatic rings. The van der Waals surface area contributed by atoms with Crippen molar-refractivity contribution in [2.24, 2.45) is 5.10 Å². The van der Waals surface area contributed by atoms with Crippen LogP contribution in [0.25, 0.3) is 0 Å². The lowest BCUT2D eigenvalue weighted by Crippen LogP contribution is -2.34. The maximum absolute atomic E-state index is 14.0. The van der Waals surface area contributed by atoms with Gasteiger partial charge in [0, 0.05) is 17.5 Å². The van der Waals surface area contributed by atoms with Crippen molar-refractivity contribution in [1.82, 2.24) is 5.01 Å². The predicted molar refractivity (Wildman–Crippen MR) is 107 cm³/mol. The van der Waals surface area contributed by atoms with Crippen LogP contribution < -0.4 is 9.47 Å². The third-order valence-electron chi connectivity index (χ3n) is 5.24. The summed E-state index contributed by atoms with van der Waals surface area (Å²) in [4.78, 5) is 0. The van der Waals surface area contributed by atoms with Crippen molar-refractivity contribution in [3.05, 3.63) is 83.1 Å². The van der Waals surface area contributed by atoms with Crippen LogP contribution in [0.5, 0.6) is 11.5 Å². The van der Waals surface area contributed by atoms with Gasteiger partial charge in [0.05, 0.1) is 12.6 Å². The number of para-hydroxylation sites is 1. The first kappa shape index (κ1) is 17.8. The molecule has 148 valence electrons. The van der Waals surface area contributed by atoms with Gasteiger partial charge in [-0.15, -0.1) is 0 Å². The molecular weight excluding hydrogens is 371 g/mol. The second-order valence-corrected chi connectivity index (χ2v) is 7.19. The average Bonchev–Trinajstić information content (AvgIpc) is 3.34. The highest BCUT2D eigenvalue weighted by Gasteiger charge is 2.42. The number of benzene rings is 2. The summed E-state index contributed by atoms with van der Waals surface area (Å²) in [6.07, 6.45) is 0.114. The zero-order chi connectivity index (χ0) is 20.0. The number of aryl methyl sites for hydroxylation is 1. The Morgan fingerprint density at radius 1 is 1.17 bits per heavy atom. The number of hydrogen-bond donors (Lipinski definition) is 0. The number of rotatable bonds is 4. The molecule has 2 aliphatic heterocycles. The average molecular weight is 392 g/mol. The standard InChI is InChI=1S/C23H21FN2O3/c1-3-27-21-9-5-8-17-19-13-18(20-11-10-14(2)28-20)25-26(19)23(29-22(17)21)15-6-4-7-16(24)12-15/h4-12,19,23H,3,13H2,1-2H3/t19-,23-/m1/s1. The summed E-state index contributed by atoms with van der Waals surface area (Å²) >= 11 is 0. The van der Waals surface area contributed by atoms with Crippen molar-refractivity contribution in [1.29, 1.82) is 0 Å². The van der Waals surface area contributed by atoms with Crippen LogP contribution in [0.1, 0.15) is 48.3 Å². The van der Waals surface area contributed by atoms with Crippen LogP contribution >= 0.6 is 0 Å². The summed E-state index contributed by atoms with van der Waals surface area (Å²) in [7, 11) is 0. The highest BCUT2D eigenvalue weighted by Crippen LogP contribution is 2.50. The van der Waals surface area contributed by atoms with Crippen LogP contribution in [0.4, 0.5) is 4.39 Å². The lowest BCUT2D eigenvalue weighted by Gasteiger charge is -2.38. The Kier molecular flexibility index (Phi) is 4.27. The molecular formula is C23H21FN2O3. The van der Waals surface area contributed by atoms with E-state index in [1.165, 1.54) is 12.1 Å². The Hall–Kier alpha value is -3.28. The maximum atomic E-state index is 14.0. The molecule has 0 N–H and O–H groups in total. The van der Waals surface area contributed by atoms with Gasteiger partial charge in [-0.2, -0.15) is 5.10 Å². The summed E-state index contributed by atoms with van der Waals surface area (Å²) in [5.74, 6) is 2.66. The normalized spacial score (nSPS) is 20.0. The second-order valence-electron chi connectivity index (χ2n) is 7.19. The fraction of sp³-hybridized carbons (Fsp3) is 0.261. The first-order chi connectivity index (χ1) is 14.1. The van der Waals surface area contributed by atoms with E-state index in [0.717, 1.165) is 22.8 Å². The van der Waals surface area contributed by atoms with E-state index in [1.54, 1.807) is 6.07 Å². The minimum Gasteiger partial charge on any atom is -0.490 e. The molecule has 2 atom stereocenters. The van der Waals surface area contributed by atoms with E-state index in [9.17, 15) is 4.39 Å². The zero-order valence-corrected chi connectivity index (χ0v) is 16.3. The molecule has 0 amide bonds. The molecule has 0 unspecified atom stereocenters. The van der Waals surface area contributed by atoms with Crippen LogP contribution in [-0.2, 0) is 0 Å². The number of halogens is 1. The summed E-state index contributed by atoms with van der Waals surface area (Å²) < 4.78 is 31.9. The highest BCUT2D eigenvalue weighted by atomic mass is 19.1. The Balaban J connectivity index is 1.62. The van der Waals surface area contributed by atoms with Crippen molar-refractivity contribution in [2.75, 3.05) is 6.61 Å². The van der Waals surface area contributed by atoms with E-state index in [-0.39, 0.29) is 11.9 Å². The monoisotopic (exact) mass is 392 g/mol. The van der Waals surface area contributed by atoms with E-state index in [0.29, 0.717) is 30.1 Å². The van der Waals surface area contributed by atoms with Gasteiger partial charge in [0.2, 0.25) is 6.23 Å². The van der Waals surface area contributed by atoms with Gasteiger partial charge in [0.25, 0.3) is 0 Å². The van der Waals surface area contributed by atoms with Crippen LogP contribution in [0.2, 0.25) is 0 Å². The van der Waals surface area contributed by atoms with E-state index < -0.39 is 6.23 Å². The predicted octanol–water partition coefficient (Wildman–Crippen LogP) is 5.37. The van der Waals surface area contributed by atoms with E-state index in [4.69, 9.17) is 19.0 Å². The van der Waals surface area contributed by atoms with Gasteiger partial charge in [-0.1, -0.05) is 24.3 Å². The maximum Gasteiger partial charge on any atom is 0.214 e. The quantitative estimate of drug-likeness (QED) is 0.599. The number of ether oxygens (including phenoxy) is 2. The molecule has 0 aliphatic carbocycles. The summed E-state index contributed by atoms with van der Waals surface area (Å²) in [6.45, 7) is 4.38. The number of nitrogens with zero attached hydrogens (tertiary/aromatic N) is 2. The van der Waals surface area contributed by atoms with E-state index >= 15 is 0 Å². The van der Waals surface area contributed by atoms with Crippen molar-refractivity contribution >= 4 is 5.71 Å². The summed E-state index contributed by atoms with van der Waals surface area (Å²) in [5, 5.41) is 6.73. The zero-order valence-electron chi connectivity index (χ0n) is 16.3. The molecule has 2 aliphatic rings. The summed E-state index contributed by atoms with van der Waals surface area (Å²) in [5.41, 5.74) is 2.56. The van der Waals surface area contributed by atoms with Crippen molar-refractivity contribution < 1.29 is 18.3 Å². The smallest absolute Gasteiger partial charge is 0.214 e. The molecule has 2 aromatic carbocycles. The molecule has 0 fully saturated rings. The lowest BCUT2D eigenvalue weighted by molar-refractivity contribution is -0.0214. The van der Waals surface area contributed by atoms with Gasteiger partial charge < -0.3 is 13.9 Å². The SMILES string of the molecule is CCOc1cccc2c1O[C@H](c1cccc(F)c1)N1N=C(c3ccc(C)o3)C[C@H]21. The topological polar surface area (TPSA) is 47.2 Å². The van der Waals surface area contributed by atoms with Crippen LogP contribution in [-0.4, -0.2) is 17.3 Å². The molecule has 5 rings (SSSR count). The lowest BCUT2D eigenvalue weighted by atomic mass is 9.97. The molecule has 0 spiro atoms. The molecule has 0 saturated heterocycles. The Labute approximate surface area is 168 Å². The van der Waals surface area contributed by atoms with Crippen LogP contribution in [0, 0.1) is 12.7 Å². The number of furan rings is 1. The Morgan fingerprint density at radius 3 is 2.79 bits per heavy atom. The molecule has 1 aromatic heterocycles. The fourth-order valence-electron chi connectivity index (χ4n) is 3.97. The molecule has 0 bridgehead atoms. The van der Waals surface area contributed by atoms with Gasteiger partial charge in [0.15, 0.2) is 11.5 Å². The largest absolute Gasteiger partial charge is 0.490 e. The molecule has 5 nitrogen and oxygen atoms in total. The Morgan fingerprint density at radius 2 is 2.03 bits per heavy atom. The molecule has 0 radical (unpaired) electrons. The van der Waals surface area contributed by atoms with Crippen LogP contribution in [0.15, 0.2) is 64.1 Å². The van der Waals surface area contributed by atoms with Crippen molar-refractivity contribution in [3.63, 3.8) is 0 Å². The first-order valence-corrected chi connectivity index (χ1v) is 9.74. The molecule has 3 heterocycles. The molecule has 0 saturated carbocycles. The minimum absolute atomic E-state index is 0.0483. The minimum atomic E-state index is -0.557. The van der Waals surface area contributed by atoms with Gasteiger partial charge in [-0.3, -0.25) is 0 Å². The fourth-order valence-corrected chi connectivity index (χ4v) is 3.97. The van der Waals surface area contributed by atoms with Crippen LogP contribution in [0.3, 0.4) is 0 Å². The number of hydrogen-bond acceptors (Lipinski definition) is 5. The Bertz CT molecular complexity index is 1090. The summed E-state index contributed by atoms with van der Waals surface area (Å²) in [6, 6.07) is 16.1.